The second-order valence-electron chi connectivity index (χ2n) is 4.71. The van der Waals surface area contributed by atoms with Crippen LogP contribution in [0, 0.1) is 23.2 Å². The smallest absolute Gasteiger partial charge is 0.142 e. The molecule has 1 aliphatic carbocycles. The van der Waals surface area contributed by atoms with Gasteiger partial charge in [0.25, 0.3) is 0 Å². The van der Waals surface area contributed by atoms with E-state index in [1.54, 1.807) is 12.3 Å². The lowest BCUT2D eigenvalue weighted by molar-refractivity contribution is 0.537. The highest BCUT2D eigenvalue weighted by molar-refractivity contribution is 5.45. The Kier molecular flexibility index (Phi) is 3.40. The Morgan fingerprint density at radius 2 is 2.44 bits per heavy atom. The molecule has 0 spiro atoms. The van der Waals surface area contributed by atoms with Crippen LogP contribution in [0.4, 0.5) is 5.69 Å². The predicted octanol–water partition coefficient (Wildman–Crippen LogP) is 2.80. The van der Waals surface area contributed by atoms with Crippen molar-refractivity contribution in [2.75, 3.05) is 11.9 Å². The largest absolute Gasteiger partial charge is 0.385 e. The van der Waals surface area contributed by atoms with Crippen LogP contribution in [0.1, 0.15) is 31.9 Å². The van der Waals surface area contributed by atoms with E-state index in [2.05, 4.69) is 23.3 Å². The third-order valence-electron chi connectivity index (χ3n) is 3.27. The third-order valence-corrected chi connectivity index (χ3v) is 3.27. The Morgan fingerprint density at radius 3 is 3.12 bits per heavy atom. The number of rotatable bonds is 3. The molecule has 84 valence electrons. The summed E-state index contributed by atoms with van der Waals surface area (Å²) < 4.78 is 0. The van der Waals surface area contributed by atoms with Gasteiger partial charge in [-0.1, -0.05) is 13.3 Å². The van der Waals surface area contributed by atoms with Crippen LogP contribution in [-0.4, -0.2) is 11.5 Å². The van der Waals surface area contributed by atoms with Crippen molar-refractivity contribution < 1.29 is 0 Å². The topological polar surface area (TPSA) is 48.7 Å². The Labute approximate surface area is 96.5 Å². The van der Waals surface area contributed by atoms with E-state index in [1.807, 2.05) is 6.07 Å². The van der Waals surface area contributed by atoms with Crippen LogP contribution in [0.5, 0.6) is 0 Å². The van der Waals surface area contributed by atoms with Gasteiger partial charge < -0.3 is 5.32 Å². The van der Waals surface area contributed by atoms with Gasteiger partial charge in [0.15, 0.2) is 0 Å². The number of pyridine rings is 1. The molecule has 2 rings (SSSR count). The van der Waals surface area contributed by atoms with Gasteiger partial charge >= 0.3 is 0 Å². The minimum Gasteiger partial charge on any atom is -0.385 e. The number of nitriles is 1. The van der Waals surface area contributed by atoms with E-state index < -0.39 is 0 Å². The zero-order valence-corrected chi connectivity index (χ0v) is 9.61. The molecule has 0 radical (unpaired) electrons. The zero-order valence-electron chi connectivity index (χ0n) is 9.61. The van der Waals surface area contributed by atoms with E-state index in [0.29, 0.717) is 5.69 Å². The lowest BCUT2D eigenvalue weighted by atomic mass is 10.1. The number of hydrogen-bond donors (Lipinski definition) is 1. The van der Waals surface area contributed by atoms with Crippen molar-refractivity contribution in [1.82, 2.24) is 4.98 Å². The van der Waals surface area contributed by atoms with Gasteiger partial charge in [-0.05, 0) is 36.8 Å². The molecule has 1 N–H and O–H groups in total. The SMILES string of the molecule is CC1CCC(CNc2ccnc(C#N)c2)C1. The van der Waals surface area contributed by atoms with Gasteiger partial charge in [-0.3, -0.25) is 0 Å². The lowest BCUT2D eigenvalue weighted by Gasteiger charge is -2.12. The molecule has 1 aromatic rings. The van der Waals surface area contributed by atoms with Crippen LogP contribution >= 0.6 is 0 Å². The van der Waals surface area contributed by atoms with Crippen molar-refractivity contribution in [2.24, 2.45) is 11.8 Å². The number of nitrogens with one attached hydrogen (secondary N) is 1. The highest BCUT2D eigenvalue weighted by atomic mass is 14.9. The zero-order chi connectivity index (χ0) is 11.4. The van der Waals surface area contributed by atoms with Crippen LogP contribution in [-0.2, 0) is 0 Å². The van der Waals surface area contributed by atoms with Gasteiger partial charge in [-0.25, -0.2) is 4.98 Å². The highest BCUT2D eigenvalue weighted by Crippen LogP contribution is 2.30. The Hall–Kier alpha value is -1.56. The van der Waals surface area contributed by atoms with Crippen molar-refractivity contribution in [3.63, 3.8) is 0 Å². The summed E-state index contributed by atoms with van der Waals surface area (Å²) in [5.41, 5.74) is 1.48. The monoisotopic (exact) mass is 215 g/mol. The molecule has 1 aromatic heterocycles. The van der Waals surface area contributed by atoms with Crippen molar-refractivity contribution in [3.8, 4) is 6.07 Å². The first-order valence-corrected chi connectivity index (χ1v) is 5.88. The summed E-state index contributed by atoms with van der Waals surface area (Å²) in [4.78, 5) is 3.95. The summed E-state index contributed by atoms with van der Waals surface area (Å²) in [6.07, 6.45) is 5.68. The molecule has 16 heavy (non-hydrogen) atoms. The Bertz CT molecular complexity index is 394. The first-order valence-electron chi connectivity index (χ1n) is 5.88. The molecule has 0 saturated heterocycles. The van der Waals surface area contributed by atoms with Crippen LogP contribution in [0.2, 0.25) is 0 Å². The maximum absolute atomic E-state index is 8.74. The minimum absolute atomic E-state index is 0.477. The number of hydrogen-bond acceptors (Lipinski definition) is 3. The molecule has 3 heteroatoms. The predicted molar refractivity (Wildman–Crippen MR) is 63.9 cm³/mol. The number of aromatic nitrogens is 1. The maximum Gasteiger partial charge on any atom is 0.142 e. The normalized spacial score (nSPS) is 24.0. The molecule has 1 saturated carbocycles. The highest BCUT2D eigenvalue weighted by Gasteiger charge is 2.20. The molecule has 0 aliphatic heterocycles. The van der Waals surface area contributed by atoms with Gasteiger partial charge in [0.05, 0.1) is 0 Å². The van der Waals surface area contributed by atoms with Crippen LogP contribution in [0.25, 0.3) is 0 Å². The third kappa shape index (κ3) is 2.73. The van der Waals surface area contributed by atoms with Gasteiger partial charge in [0.2, 0.25) is 0 Å². The first kappa shape index (κ1) is 10.9. The fourth-order valence-electron chi connectivity index (χ4n) is 2.37. The Morgan fingerprint density at radius 1 is 1.56 bits per heavy atom. The van der Waals surface area contributed by atoms with Gasteiger partial charge in [-0.15, -0.1) is 0 Å². The molecule has 2 unspecified atom stereocenters. The summed E-state index contributed by atoms with van der Waals surface area (Å²) in [7, 11) is 0. The fourth-order valence-corrected chi connectivity index (χ4v) is 2.37. The number of nitrogens with zero attached hydrogens (tertiary/aromatic N) is 2. The van der Waals surface area contributed by atoms with Crippen molar-refractivity contribution in [3.05, 3.63) is 24.0 Å². The van der Waals surface area contributed by atoms with Crippen molar-refractivity contribution in [1.29, 1.82) is 5.26 Å². The van der Waals surface area contributed by atoms with E-state index in [9.17, 15) is 0 Å². The second kappa shape index (κ2) is 4.98. The molecule has 0 aromatic carbocycles. The molecule has 1 heterocycles. The summed E-state index contributed by atoms with van der Waals surface area (Å²) in [5.74, 6) is 1.66. The van der Waals surface area contributed by atoms with Gasteiger partial charge in [0, 0.05) is 18.4 Å². The van der Waals surface area contributed by atoms with E-state index in [4.69, 9.17) is 5.26 Å². The standard InChI is InChI=1S/C13H17N3/c1-10-2-3-11(6-10)9-16-12-4-5-15-13(7-12)8-14/h4-5,7,10-11H,2-3,6,9H2,1H3,(H,15,16). The average molecular weight is 215 g/mol. The minimum atomic E-state index is 0.477. The average Bonchev–Trinajstić information content (AvgIpc) is 2.73. The van der Waals surface area contributed by atoms with E-state index >= 15 is 0 Å². The van der Waals surface area contributed by atoms with E-state index in [0.717, 1.165) is 24.1 Å². The molecular weight excluding hydrogens is 198 g/mol. The molecule has 1 aliphatic rings. The fraction of sp³-hybridized carbons (Fsp3) is 0.538. The van der Waals surface area contributed by atoms with Crippen LogP contribution in [0.3, 0.4) is 0 Å². The summed E-state index contributed by atoms with van der Waals surface area (Å²) in [5, 5.41) is 12.1. The van der Waals surface area contributed by atoms with Gasteiger partial charge in [0.1, 0.15) is 11.8 Å². The van der Waals surface area contributed by atoms with E-state index in [1.165, 1.54) is 19.3 Å². The van der Waals surface area contributed by atoms with Crippen LogP contribution in [0.15, 0.2) is 18.3 Å². The molecule has 3 nitrogen and oxygen atoms in total. The second-order valence-corrected chi connectivity index (χ2v) is 4.71. The lowest BCUT2D eigenvalue weighted by Crippen LogP contribution is -2.11. The molecular formula is C13H17N3. The quantitative estimate of drug-likeness (QED) is 0.843. The van der Waals surface area contributed by atoms with E-state index in [-0.39, 0.29) is 0 Å². The summed E-state index contributed by atoms with van der Waals surface area (Å²) in [6, 6.07) is 5.77. The summed E-state index contributed by atoms with van der Waals surface area (Å²) >= 11 is 0. The summed E-state index contributed by atoms with van der Waals surface area (Å²) in [6.45, 7) is 3.33. The first-order chi connectivity index (χ1) is 7.78. The van der Waals surface area contributed by atoms with Crippen molar-refractivity contribution in [2.45, 2.75) is 26.2 Å². The molecule has 0 amide bonds. The molecule has 2 atom stereocenters. The molecule has 0 bridgehead atoms. The van der Waals surface area contributed by atoms with Gasteiger partial charge in [-0.2, -0.15) is 5.26 Å². The van der Waals surface area contributed by atoms with Crippen LogP contribution < -0.4 is 5.32 Å². The molecule has 1 fully saturated rings. The Balaban J connectivity index is 1.87. The maximum atomic E-state index is 8.74. The number of anilines is 1. The van der Waals surface area contributed by atoms with Crippen molar-refractivity contribution >= 4 is 5.69 Å².